The Labute approximate surface area is 98.0 Å². The molecule has 1 saturated heterocycles. The minimum Gasteiger partial charge on any atom is -0.368 e. The number of anilines is 1. The first kappa shape index (κ1) is 11.0. The largest absolute Gasteiger partial charge is 0.368 e. The highest BCUT2D eigenvalue weighted by atomic mass is 35.5. The highest BCUT2D eigenvalue weighted by Gasteiger charge is 2.35. The SMILES string of the molecule is NC(=O)C1CCC(=O)N1c1ccc(Cl)cc1. The third kappa shape index (κ3) is 1.88. The maximum Gasteiger partial charge on any atom is 0.240 e. The lowest BCUT2D eigenvalue weighted by atomic mass is 10.2. The van der Waals surface area contributed by atoms with Crippen molar-refractivity contribution in [2.24, 2.45) is 5.73 Å². The van der Waals surface area contributed by atoms with Gasteiger partial charge in [-0.1, -0.05) is 11.6 Å². The second kappa shape index (κ2) is 4.14. The fourth-order valence-corrected chi connectivity index (χ4v) is 2.00. The average Bonchev–Trinajstić information content (AvgIpc) is 2.62. The molecule has 1 heterocycles. The van der Waals surface area contributed by atoms with Crippen LogP contribution in [0.2, 0.25) is 5.02 Å². The van der Waals surface area contributed by atoms with Gasteiger partial charge in [0.25, 0.3) is 0 Å². The molecular formula is C11H11ClN2O2. The molecule has 1 aromatic rings. The molecule has 0 aromatic heterocycles. The van der Waals surface area contributed by atoms with Crippen molar-refractivity contribution >= 4 is 29.1 Å². The first-order valence-electron chi connectivity index (χ1n) is 4.96. The molecule has 1 atom stereocenters. The molecule has 5 heteroatoms. The van der Waals surface area contributed by atoms with E-state index in [9.17, 15) is 9.59 Å². The highest BCUT2D eigenvalue weighted by Crippen LogP contribution is 2.27. The van der Waals surface area contributed by atoms with Gasteiger partial charge in [-0.05, 0) is 30.7 Å². The summed E-state index contributed by atoms with van der Waals surface area (Å²) < 4.78 is 0. The number of benzene rings is 1. The summed E-state index contributed by atoms with van der Waals surface area (Å²) in [6.07, 6.45) is 0.840. The van der Waals surface area contributed by atoms with Gasteiger partial charge in [-0.25, -0.2) is 0 Å². The molecule has 1 unspecified atom stereocenters. The Morgan fingerprint density at radius 3 is 2.56 bits per heavy atom. The standard InChI is InChI=1S/C11H11ClN2O2/c12-7-1-3-8(4-2-7)14-9(11(13)16)5-6-10(14)15/h1-4,9H,5-6H2,(H2,13,16). The van der Waals surface area contributed by atoms with Gasteiger partial charge in [-0.15, -0.1) is 0 Å². The molecule has 1 aromatic carbocycles. The molecule has 4 nitrogen and oxygen atoms in total. The lowest BCUT2D eigenvalue weighted by molar-refractivity contribution is -0.121. The summed E-state index contributed by atoms with van der Waals surface area (Å²) in [6, 6.07) is 6.25. The molecule has 84 valence electrons. The molecule has 1 fully saturated rings. The smallest absolute Gasteiger partial charge is 0.240 e. The maximum atomic E-state index is 11.7. The average molecular weight is 239 g/mol. The summed E-state index contributed by atoms with van der Waals surface area (Å²) >= 11 is 5.76. The predicted octanol–water partition coefficient (Wildman–Crippen LogP) is 1.32. The van der Waals surface area contributed by atoms with Crippen LogP contribution in [0.1, 0.15) is 12.8 Å². The van der Waals surface area contributed by atoms with Crippen LogP contribution >= 0.6 is 11.6 Å². The summed E-state index contributed by atoms with van der Waals surface area (Å²) in [5.41, 5.74) is 5.92. The van der Waals surface area contributed by atoms with Gasteiger partial charge in [0.2, 0.25) is 11.8 Å². The summed E-state index contributed by atoms with van der Waals surface area (Å²) in [6.45, 7) is 0. The second-order valence-electron chi connectivity index (χ2n) is 3.70. The van der Waals surface area contributed by atoms with Crippen LogP contribution in [0, 0.1) is 0 Å². The predicted molar refractivity (Wildman–Crippen MR) is 61.2 cm³/mol. The minimum absolute atomic E-state index is 0.0777. The van der Waals surface area contributed by atoms with Crippen molar-refractivity contribution in [3.05, 3.63) is 29.3 Å². The van der Waals surface area contributed by atoms with Crippen molar-refractivity contribution < 1.29 is 9.59 Å². The number of primary amides is 1. The Morgan fingerprint density at radius 2 is 2.00 bits per heavy atom. The number of hydrogen-bond donors (Lipinski definition) is 1. The van der Waals surface area contributed by atoms with Crippen LogP contribution in [0.3, 0.4) is 0 Å². The summed E-state index contributed by atoms with van der Waals surface area (Å²) in [7, 11) is 0. The van der Waals surface area contributed by atoms with Crippen molar-refractivity contribution in [2.75, 3.05) is 4.90 Å². The number of hydrogen-bond acceptors (Lipinski definition) is 2. The number of carbonyl (C=O) groups is 2. The molecule has 1 aliphatic rings. The number of amides is 2. The minimum atomic E-state index is -0.534. The Kier molecular flexibility index (Phi) is 2.83. The molecule has 1 aliphatic heterocycles. The maximum absolute atomic E-state index is 11.7. The molecule has 0 bridgehead atoms. The van der Waals surface area contributed by atoms with Crippen molar-refractivity contribution in [3.63, 3.8) is 0 Å². The van der Waals surface area contributed by atoms with E-state index >= 15 is 0 Å². The first-order chi connectivity index (χ1) is 7.59. The Hall–Kier alpha value is -1.55. The van der Waals surface area contributed by atoms with E-state index in [1.165, 1.54) is 4.90 Å². The van der Waals surface area contributed by atoms with E-state index in [1.54, 1.807) is 24.3 Å². The van der Waals surface area contributed by atoms with Gasteiger partial charge >= 0.3 is 0 Å². The van der Waals surface area contributed by atoms with Crippen LogP contribution in [0.25, 0.3) is 0 Å². The Morgan fingerprint density at radius 1 is 1.38 bits per heavy atom. The van der Waals surface area contributed by atoms with E-state index < -0.39 is 11.9 Å². The van der Waals surface area contributed by atoms with Crippen molar-refractivity contribution in [1.82, 2.24) is 0 Å². The molecule has 0 aliphatic carbocycles. The van der Waals surface area contributed by atoms with Crippen molar-refractivity contribution in [2.45, 2.75) is 18.9 Å². The zero-order chi connectivity index (χ0) is 11.7. The number of nitrogens with zero attached hydrogens (tertiary/aromatic N) is 1. The number of rotatable bonds is 2. The summed E-state index contributed by atoms with van der Waals surface area (Å²) in [5.74, 6) is -0.549. The van der Waals surface area contributed by atoms with Crippen LogP contribution in [-0.2, 0) is 9.59 Å². The topological polar surface area (TPSA) is 63.4 Å². The first-order valence-corrected chi connectivity index (χ1v) is 5.34. The highest BCUT2D eigenvalue weighted by molar-refractivity contribution is 6.30. The van der Waals surface area contributed by atoms with Gasteiger partial charge in [-0.2, -0.15) is 0 Å². The Balaban J connectivity index is 2.33. The van der Waals surface area contributed by atoms with E-state index in [-0.39, 0.29) is 5.91 Å². The zero-order valence-electron chi connectivity index (χ0n) is 8.52. The third-order valence-electron chi connectivity index (χ3n) is 2.65. The normalized spacial score (nSPS) is 20.2. The number of nitrogens with two attached hydrogens (primary N) is 1. The van der Waals surface area contributed by atoms with Crippen molar-refractivity contribution in [3.8, 4) is 0 Å². The van der Waals surface area contributed by atoms with Crippen LogP contribution in [0.4, 0.5) is 5.69 Å². The number of halogens is 1. The van der Waals surface area contributed by atoms with E-state index in [0.717, 1.165) is 0 Å². The van der Waals surface area contributed by atoms with E-state index in [0.29, 0.717) is 23.6 Å². The van der Waals surface area contributed by atoms with Crippen LogP contribution in [0.5, 0.6) is 0 Å². The molecular weight excluding hydrogens is 228 g/mol. The molecule has 16 heavy (non-hydrogen) atoms. The van der Waals surface area contributed by atoms with Crippen molar-refractivity contribution in [1.29, 1.82) is 0 Å². The molecule has 0 radical (unpaired) electrons. The molecule has 2 rings (SSSR count). The van der Waals surface area contributed by atoms with E-state index in [1.807, 2.05) is 0 Å². The third-order valence-corrected chi connectivity index (χ3v) is 2.90. The summed E-state index contributed by atoms with van der Waals surface area (Å²) in [4.78, 5) is 24.3. The second-order valence-corrected chi connectivity index (χ2v) is 4.13. The quantitative estimate of drug-likeness (QED) is 0.845. The lowest BCUT2D eigenvalue weighted by Crippen LogP contribution is -2.42. The van der Waals surface area contributed by atoms with Gasteiger partial charge in [-0.3, -0.25) is 14.5 Å². The van der Waals surface area contributed by atoms with Crippen LogP contribution in [0.15, 0.2) is 24.3 Å². The lowest BCUT2D eigenvalue weighted by Gasteiger charge is -2.22. The van der Waals surface area contributed by atoms with E-state index in [4.69, 9.17) is 17.3 Å². The Bertz CT molecular complexity index is 430. The number of carbonyl (C=O) groups excluding carboxylic acids is 2. The van der Waals surface area contributed by atoms with Gasteiger partial charge in [0.1, 0.15) is 6.04 Å². The fraction of sp³-hybridized carbons (Fsp3) is 0.273. The van der Waals surface area contributed by atoms with E-state index in [2.05, 4.69) is 0 Å². The van der Waals surface area contributed by atoms with Gasteiger partial charge in [0.05, 0.1) is 0 Å². The summed E-state index contributed by atoms with van der Waals surface area (Å²) in [5, 5.41) is 0.589. The van der Waals surface area contributed by atoms with Crippen LogP contribution in [-0.4, -0.2) is 17.9 Å². The molecule has 0 spiro atoms. The van der Waals surface area contributed by atoms with Gasteiger partial charge in [0, 0.05) is 17.1 Å². The van der Waals surface area contributed by atoms with Crippen LogP contribution < -0.4 is 10.6 Å². The van der Waals surface area contributed by atoms with Gasteiger partial charge in [0.15, 0.2) is 0 Å². The fourth-order valence-electron chi connectivity index (χ4n) is 1.88. The molecule has 2 amide bonds. The van der Waals surface area contributed by atoms with Gasteiger partial charge < -0.3 is 5.73 Å². The molecule has 2 N–H and O–H groups in total. The molecule has 0 saturated carbocycles. The monoisotopic (exact) mass is 238 g/mol. The zero-order valence-corrected chi connectivity index (χ0v) is 9.28.